The van der Waals surface area contributed by atoms with Gasteiger partial charge in [-0.3, -0.25) is 4.79 Å². The van der Waals surface area contributed by atoms with Gasteiger partial charge in [-0.2, -0.15) is 18.3 Å². The van der Waals surface area contributed by atoms with Gasteiger partial charge in [0.1, 0.15) is 0 Å². The fraction of sp³-hybridized carbons (Fsp3) is 0.444. The average molecular weight is 403 g/mol. The number of rotatable bonds is 5. The molecule has 1 saturated heterocycles. The van der Waals surface area contributed by atoms with E-state index in [0.717, 1.165) is 36.7 Å². The van der Waals surface area contributed by atoms with Crippen molar-refractivity contribution in [1.82, 2.24) is 20.0 Å². The van der Waals surface area contributed by atoms with Crippen LogP contribution in [0.5, 0.6) is 0 Å². The molecule has 5 nitrogen and oxygen atoms in total. The Morgan fingerprint density at radius 1 is 1.37 bits per heavy atom. The van der Waals surface area contributed by atoms with Crippen LogP contribution in [0, 0.1) is 0 Å². The van der Waals surface area contributed by atoms with E-state index in [4.69, 9.17) is 0 Å². The van der Waals surface area contributed by atoms with Crippen molar-refractivity contribution >= 4 is 18.3 Å². The van der Waals surface area contributed by atoms with Crippen molar-refractivity contribution in [2.45, 2.75) is 32.0 Å². The molecule has 0 spiro atoms. The Bertz CT molecular complexity index is 772. The van der Waals surface area contributed by atoms with Crippen LogP contribution in [0.25, 0.3) is 5.69 Å². The fourth-order valence-electron chi connectivity index (χ4n) is 3.16. The molecule has 1 aromatic heterocycles. The van der Waals surface area contributed by atoms with Gasteiger partial charge in [-0.05, 0) is 43.7 Å². The molecule has 9 heteroatoms. The minimum atomic E-state index is -4.49. The summed E-state index contributed by atoms with van der Waals surface area (Å²) in [5.74, 6) is -0.106. The number of alkyl halides is 3. The van der Waals surface area contributed by atoms with Crippen LogP contribution in [-0.2, 0) is 6.18 Å². The van der Waals surface area contributed by atoms with E-state index in [1.54, 1.807) is 24.3 Å². The number of hydrogen-bond acceptors (Lipinski definition) is 3. The van der Waals surface area contributed by atoms with Crippen LogP contribution in [0.3, 0.4) is 0 Å². The molecule has 0 saturated carbocycles. The zero-order chi connectivity index (χ0) is 18.7. The maximum absolute atomic E-state index is 13.0. The summed E-state index contributed by atoms with van der Waals surface area (Å²) in [5.41, 5.74) is -0.0851. The summed E-state index contributed by atoms with van der Waals surface area (Å²) >= 11 is 0. The molecule has 1 amide bonds. The second kappa shape index (κ2) is 8.75. The van der Waals surface area contributed by atoms with Gasteiger partial charge in [0.25, 0.3) is 5.91 Å². The average Bonchev–Trinajstić information content (AvgIpc) is 3.30. The Kier molecular flexibility index (Phi) is 6.89. The molecule has 1 aromatic carbocycles. The zero-order valence-electron chi connectivity index (χ0n) is 14.9. The first-order valence-corrected chi connectivity index (χ1v) is 8.65. The number of halogens is 4. The Morgan fingerprint density at radius 3 is 2.74 bits per heavy atom. The molecule has 3 rings (SSSR count). The SMILES string of the molecule is CCCN(C(=O)c1cccc(-n2ccc(C(F)(F)F)n2)c1)C1CCNC1.Cl. The van der Waals surface area contributed by atoms with E-state index < -0.39 is 11.9 Å². The van der Waals surface area contributed by atoms with Crippen molar-refractivity contribution in [2.75, 3.05) is 19.6 Å². The number of carbonyl (C=O) groups is 1. The highest BCUT2D eigenvalue weighted by molar-refractivity contribution is 5.95. The predicted octanol–water partition coefficient (Wildman–Crippen LogP) is 3.53. The number of nitrogens with zero attached hydrogens (tertiary/aromatic N) is 3. The van der Waals surface area contributed by atoms with Gasteiger partial charge in [0, 0.05) is 30.9 Å². The monoisotopic (exact) mass is 402 g/mol. The molecule has 1 N–H and O–H groups in total. The fourth-order valence-corrected chi connectivity index (χ4v) is 3.16. The Morgan fingerprint density at radius 2 is 2.15 bits per heavy atom. The second-order valence-corrected chi connectivity index (χ2v) is 6.34. The van der Waals surface area contributed by atoms with Gasteiger partial charge < -0.3 is 10.2 Å². The molecular formula is C18H22ClF3N4O. The van der Waals surface area contributed by atoms with Gasteiger partial charge in [0.15, 0.2) is 5.69 Å². The van der Waals surface area contributed by atoms with Crippen LogP contribution in [0.1, 0.15) is 35.8 Å². The maximum atomic E-state index is 13.0. The van der Waals surface area contributed by atoms with Gasteiger partial charge in [0.05, 0.1) is 5.69 Å². The van der Waals surface area contributed by atoms with Crippen LogP contribution in [0.4, 0.5) is 13.2 Å². The summed E-state index contributed by atoms with van der Waals surface area (Å²) in [6.07, 6.45) is -1.50. The van der Waals surface area contributed by atoms with E-state index in [1.165, 1.54) is 6.20 Å². The number of hydrogen-bond donors (Lipinski definition) is 1. The third kappa shape index (κ3) is 4.81. The smallest absolute Gasteiger partial charge is 0.334 e. The lowest BCUT2D eigenvalue weighted by molar-refractivity contribution is -0.141. The number of amides is 1. The van der Waals surface area contributed by atoms with E-state index in [2.05, 4.69) is 10.4 Å². The van der Waals surface area contributed by atoms with Crippen molar-refractivity contribution in [1.29, 1.82) is 0 Å². The highest BCUT2D eigenvalue weighted by atomic mass is 35.5. The molecule has 1 unspecified atom stereocenters. The predicted molar refractivity (Wildman–Crippen MR) is 98.4 cm³/mol. The quantitative estimate of drug-likeness (QED) is 0.832. The van der Waals surface area contributed by atoms with Crippen molar-refractivity contribution in [2.24, 2.45) is 0 Å². The minimum Gasteiger partial charge on any atom is -0.334 e. The lowest BCUT2D eigenvalue weighted by atomic mass is 10.1. The molecular weight excluding hydrogens is 381 g/mol. The highest BCUT2D eigenvalue weighted by Crippen LogP contribution is 2.28. The summed E-state index contributed by atoms with van der Waals surface area (Å²) < 4.78 is 39.4. The molecule has 0 radical (unpaired) electrons. The number of nitrogens with one attached hydrogen (secondary N) is 1. The molecule has 2 heterocycles. The number of aromatic nitrogens is 2. The maximum Gasteiger partial charge on any atom is 0.435 e. The van der Waals surface area contributed by atoms with Crippen LogP contribution in [-0.4, -0.2) is 46.3 Å². The van der Waals surface area contributed by atoms with Gasteiger partial charge in [-0.1, -0.05) is 13.0 Å². The molecule has 27 heavy (non-hydrogen) atoms. The Labute approximate surface area is 161 Å². The number of carbonyl (C=O) groups excluding carboxylic acids is 1. The van der Waals surface area contributed by atoms with Crippen molar-refractivity contribution < 1.29 is 18.0 Å². The lowest BCUT2D eigenvalue weighted by Crippen LogP contribution is -2.42. The first-order valence-electron chi connectivity index (χ1n) is 8.65. The molecule has 148 valence electrons. The van der Waals surface area contributed by atoms with Crippen molar-refractivity contribution in [3.63, 3.8) is 0 Å². The normalized spacial score (nSPS) is 16.8. The summed E-state index contributed by atoms with van der Waals surface area (Å²) in [7, 11) is 0. The van der Waals surface area contributed by atoms with Crippen LogP contribution >= 0.6 is 12.4 Å². The first-order chi connectivity index (χ1) is 12.4. The van der Waals surface area contributed by atoms with Crippen molar-refractivity contribution in [3.8, 4) is 5.69 Å². The molecule has 1 aliphatic heterocycles. The van der Waals surface area contributed by atoms with Gasteiger partial charge in [0.2, 0.25) is 0 Å². The largest absolute Gasteiger partial charge is 0.435 e. The lowest BCUT2D eigenvalue weighted by Gasteiger charge is -2.28. The number of benzene rings is 1. The summed E-state index contributed by atoms with van der Waals surface area (Å²) in [6.45, 7) is 4.31. The third-order valence-electron chi connectivity index (χ3n) is 4.44. The Hall–Kier alpha value is -2.06. The molecule has 1 atom stereocenters. The molecule has 0 aliphatic carbocycles. The zero-order valence-corrected chi connectivity index (χ0v) is 15.7. The summed E-state index contributed by atoms with van der Waals surface area (Å²) in [6, 6.07) is 7.63. The van der Waals surface area contributed by atoms with Gasteiger partial charge >= 0.3 is 6.18 Å². The van der Waals surface area contributed by atoms with Crippen LogP contribution < -0.4 is 5.32 Å². The van der Waals surface area contributed by atoms with E-state index >= 15 is 0 Å². The summed E-state index contributed by atoms with van der Waals surface area (Å²) in [4.78, 5) is 14.8. The molecule has 0 bridgehead atoms. The standard InChI is InChI=1S/C18H21F3N4O.ClH/c1-2-9-24(15-6-8-22-12-15)17(26)13-4-3-5-14(11-13)25-10-7-16(23-25)18(19,20)21;/h3-5,7,10-11,15,22H,2,6,8-9,12H2,1H3;1H. The van der Waals surface area contributed by atoms with E-state index in [1.807, 2.05) is 11.8 Å². The molecule has 2 aromatic rings. The van der Waals surface area contributed by atoms with Crippen LogP contribution in [0.15, 0.2) is 36.5 Å². The van der Waals surface area contributed by atoms with E-state index in [9.17, 15) is 18.0 Å². The Balaban J connectivity index is 0.00000261. The first kappa shape index (κ1) is 21.2. The van der Waals surface area contributed by atoms with Gasteiger partial charge in [-0.25, -0.2) is 4.68 Å². The highest BCUT2D eigenvalue weighted by Gasteiger charge is 2.33. The van der Waals surface area contributed by atoms with E-state index in [0.29, 0.717) is 17.8 Å². The second-order valence-electron chi connectivity index (χ2n) is 6.34. The van der Waals surface area contributed by atoms with Gasteiger partial charge in [-0.15, -0.1) is 12.4 Å². The van der Waals surface area contributed by atoms with Crippen LogP contribution in [0.2, 0.25) is 0 Å². The van der Waals surface area contributed by atoms with Crippen molar-refractivity contribution in [3.05, 3.63) is 47.8 Å². The third-order valence-corrected chi connectivity index (χ3v) is 4.44. The van der Waals surface area contributed by atoms with E-state index in [-0.39, 0.29) is 24.4 Å². The molecule has 1 fully saturated rings. The topological polar surface area (TPSA) is 50.2 Å². The minimum absolute atomic E-state index is 0. The molecule has 1 aliphatic rings. The summed E-state index contributed by atoms with van der Waals surface area (Å²) in [5, 5.41) is 6.82.